The molecule has 1 amide bonds. The summed E-state index contributed by atoms with van der Waals surface area (Å²) in [5.41, 5.74) is 4.53. The van der Waals surface area contributed by atoms with Gasteiger partial charge in [-0.05, 0) is 94.2 Å². The molecule has 1 atom stereocenters. The first kappa shape index (κ1) is 26.3. The van der Waals surface area contributed by atoms with E-state index in [-0.39, 0.29) is 11.5 Å². The van der Waals surface area contributed by atoms with Gasteiger partial charge >= 0.3 is 0 Å². The number of fused-ring (bicyclic) bond motifs is 1. The molecule has 0 aromatic carbocycles. The lowest BCUT2D eigenvalue weighted by Gasteiger charge is -2.46. The van der Waals surface area contributed by atoms with E-state index in [1.807, 2.05) is 36.2 Å². The van der Waals surface area contributed by atoms with Crippen molar-refractivity contribution in [1.82, 2.24) is 14.8 Å². The van der Waals surface area contributed by atoms with Gasteiger partial charge in [0.15, 0.2) is 0 Å². The van der Waals surface area contributed by atoms with Gasteiger partial charge < -0.3 is 14.6 Å². The number of nitrogens with one attached hydrogen (secondary N) is 1. The molecule has 1 N–H and O–H groups in total. The number of amides is 1. The molecule has 6 rings (SSSR count). The van der Waals surface area contributed by atoms with Crippen LogP contribution < -0.4 is 5.56 Å². The zero-order valence-electron chi connectivity index (χ0n) is 23.5. The maximum atomic E-state index is 13.6. The molecule has 3 fully saturated rings. The Balaban J connectivity index is 1.07. The second-order valence-electron chi connectivity index (χ2n) is 12.5. The van der Waals surface area contributed by atoms with E-state index < -0.39 is 0 Å². The topological polar surface area (TPSA) is 65.6 Å². The maximum Gasteiger partial charge on any atom is 0.255 e. The van der Waals surface area contributed by atoms with Crippen LogP contribution in [0.15, 0.2) is 10.9 Å². The molecule has 38 heavy (non-hydrogen) atoms. The second kappa shape index (κ2) is 10.5. The first-order valence-electron chi connectivity index (χ1n) is 14.7. The lowest BCUT2D eigenvalue weighted by molar-refractivity contribution is -0.0820. The molecule has 1 saturated heterocycles. The zero-order chi connectivity index (χ0) is 26.6. The number of carbonyl (C=O) groups excluding carboxylic acids is 1. The summed E-state index contributed by atoms with van der Waals surface area (Å²) in [6, 6.07) is 2.71. The Hall–Kier alpha value is -1.96. The zero-order valence-corrected chi connectivity index (χ0v) is 24.3. The van der Waals surface area contributed by atoms with Crippen molar-refractivity contribution >= 4 is 17.2 Å². The van der Waals surface area contributed by atoms with Crippen molar-refractivity contribution in [3.8, 4) is 0 Å². The van der Waals surface area contributed by atoms with E-state index in [4.69, 9.17) is 4.74 Å². The van der Waals surface area contributed by atoms with E-state index in [9.17, 15) is 9.59 Å². The van der Waals surface area contributed by atoms with E-state index in [1.54, 1.807) is 0 Å². The van der Waals surface area contributed by atoms with E-state index in [1.165, 1.54) is 53.8 Å². The highest BCUT2D eigenvalue weighted by atomic mass is 32.1. The van der Waals surface area contributed by atoms with Crippen molar-refractivity contribution in [2.45, 2.75) is 97.2 Å². The third kappa shape index (κ3) is 5.14. The molecule has 2 saturated carbocycles. The van der Waals surface area contributed by atoms with Crippen LogP contribution >= 0.6 is 11.3 Å². The van der Waals surface area contributed by atoms with Crippen LogP contribution in [-0.4, -0.2) is 59.1 Å². The Kier molecular flexibility index (Phi) is 7.29. The van der Waals surface area contributed by atoms with Crippen LogP contribution in [-0.2, 0) is 17.7 Å². The van der Waals surface area contributed by atoms with Crippen LogP contribution in [0, 0.1) is 32.6 Å². The van der Waals surface area contributed by atoms with Gasteiger partial charge in [-0.3, -0.25) is 14.5 Å². The molecule has 1 unspecified atom stereocenters. The number of ether oxygens (including phenoxy) is 1. The van der Waals surface area contributed by atoms with E-state index in [2.05, 4.69) is 23.7 Å². The van der Waals surface area contributed by atoms with Gasteiger partial charge in [-0.1, -0.05) is 6.92 Å². The number of aromatic nitrogens is 1. The fourth-order valence-corrected chi connectivity index (χ4v) is 8.44. The van der Waals surface area contributed by atoms with Crippen LogP contribution in [0.2, 0.25) is 0 Å². The SMILES string of the molecule is Cc1cc(C)c(CN2CCc3sc(C(C)C4CCC(N5CC(OCC6CC6)C5)CC4)c(C)c3C2=O)c(=O)[nH]1. The van der Waals surface area contributed by atoms with Gasteiger partial charge in [0.25, 0.3) is 11.5 Å². The predicted octanol–water partition coefficient (Wildman–Crippen LogP) is 5.33. The Morgan fingerprint density at radius 1 is 1.08 bits per heavy atom. The minimum Gasteiger partial charge on any atom is -0.375 e. The average molecular weight is 538 g/mol. The first-order chi connectivity index (χ1) is 18.3. The molecule has 2 aromatic rings. The quantitative estimate of drug-likeness (QED) is 0.494. The molecule has 2 aliphatic carbocycles. The van der Waals surface area contributed by atoms with E-state index in [0.29, 0.717) is 36.6 Å². The van der Waals surface area contributed by atoms with Gasteiger partial charge in [0.2, 0.25) is 0 Å². The summed E-state index contributed by atoms with van der Waals surface area (Å²) in [6.45, 7) is 12.7. The molecular formula is C31H43N3O3S. The predicted molar refractivity (Wildman–Crippen MR) is 152 cm³/mol. The normalized spacial score (nSPS) is 25.4. The molecule has 6 nitrogen and oxygen atoms in total. The summed E-state index contributed by atoms with van der Waals surface area (Å²) in [5.74, 6) is 2.12. The molecule has 0 spiro atoms. The largest absolute Gasteiger partial charge is 0.375 e. The third-order valence-electron chi connectivity index (χ3n) is 9.73. The highest BCUT2D eigenvalue weighted by molar-refractivity contribution is 7.12. The highest BCUT2D eigenvalue weighted by Gasteiger charge is 2.38. The number of aryl methyl sites for hydroxylation is 2. The minimum atomic E-state index is -0.0763. The van der Waals surface area contributed by atoms with Crippen LogP contribution in [0.4, 0.5) is 0 Å². The molecule has 4 aliphatic rings. The lowest BCUT2D eigenvalue weighted by Crippen LogP contribution is -2.57. The summed E-state index contributed by atoms with van der Waals surface area (Å²) in [5, 5.41) is 0. The summed E-state index contributed by atoms with van der Waals surface area (Å²) in [7, 11) is 0. The number of likely N-dealkylation sites (tertiary alicyclic amines) is 1. The third-order valence-corrected chi connectivity index (χ3v) is 11.3. The second-order valence-corrected chi connectivity index (χ2v) is 13.7. The number of hydrogen-bond acceptors (Lipinski definition) is 5. The molecule has 0 radical (unpaired) electrons. The summed E-state index contributed by atoms with van der Waals surface area (Å²) < 4.78 is 6.07. The summed E-state index contributed by atoms with van der Waals surface area (Å²) in [4.78, 5) is 36.3. The average Bonchev–Trinajstić information content (AvgIpc) is 3.63. The standard InChI is InChI=1S/C31H43N3O3S/c1-18-13-19(2)32-30(35)26(18)16-33-12-11-27-28(31(33)36)21(4)29(38-27)20(3)23-7-9-24(10-8-23)34-14-25(15-34)37-17-22-5-6-22/h13,20,22-25H,5-12,14-17H2,1-4H3,(H,32,35). The highest BCUT2D eigenvalue weighted by Crippen LogP contribution is 2.44. The number of carbonyl (C=O) groups is 1. The number of H-pyrrole nitrogens is 1. The molecule has 7 heteroatoms. The lowest BCUT2D eigenvalue weighted by atomic mass is 9.76. The Labute approximate surface area is 230 Å². The number of nitrogens with zero attached hydrogens (tertiary/aromatic N) is 2. The van der Waals surface area contributed by atoms with Crippen molar-refractivity contribution in [3.63, 3.8) is 0 Å². The molecule has 2 aliphatic heterocycles. The van der Waals surface area contributed by atoms with E-state index in [0.717, 1.165) is 54.9 Å². The summed E-state index contributed by atoms with van der Waals surface area (Å²) in [6.07, 6.45) is 9.20. The van der Waals surface area contributed by atoms with Crippen molar-refractivity contribution in [2.75, 3.05) is 26.2 Å². The monoisotopic (exact) mass is 537 g/mol. The number of pyridine rings is 1. The number of hydrogen-bond donors (Lipinski definition) is 1. The summed E-state index contributed by atoms with van der Waals surface area (Å²) >= 11 is 1.88. The molecule has 0 bridgehead atoms. The van der Waals surface area contributed by atoms with Crippen molar-refractivity contribution in [1.29, 1.82) is 0 Å². The molecule has 206 valence electrons. The molecule has 4 heterocycles. The van der Waals surface area contributed by atoms with Crippen molar-refractivity contribution in [3.05, 3.63) is 54.1 Å². The number of thiophene rings is 1. The Morgan fingerprint density at radius 3 is 2.50 bits per heavy atom. The van der Waals surface area contributed by atoms with E-state index >= 15 is 0 Å². The Morgan fingerprint density at radius 2 is 1.82 bits per heavy atom. The molecule has 2 aromatic heterocycles. The van der Waals surface area contributed by atoms with Gasteiger partial charge in [0.05, 0.1) is 18.2 Å². The molecular weight excluding hydrogens is 494 g/mol. The minimum absolute atomic E-state index is 0.0763. The van der Waals surface area contributed by atoms with Gasteiger partial charge in [-0.15, -0.1) is 11.3 Å². The fraction of sp³-hybridized carbons (Fsp3) is 0.677. The van der Waals surface area contributed by atoms with Crippen LogP contribution in [0.25, 0.3) is 0 Å². The van der Waals surface area contributed by atoms with Crippen LogP contribution in [0.3, 0.4) is 0 Å². The van der Waals surface area contributed by atoms with Crippen LogP contribution in [0.1, 0.15) is 93.9 Å². The van der Waals surface area contributed by atoms with Gasteiger partial charge in [0.1, 0.15) is 0 Å². The van der Waals surface area contributed by atoms with Crippen LogP contribution in [0.5, 0.6) is 0 Å². The Bertz CT molecular complexity index is 1250. The fourth-order valence-electron chi connectivity index (χ4n) is 7.01. The van der Waals surface area contributed by atoms with Gasteiger partial charge in [-0.25, -0.2) is 0 Å². The maximum absolute atomic E-state index is 13.6. The van der Waals surface area contributed by atoms with Gasteiger partial charge in [0, 0.05) is 59.7 Å². The number of aromatic amines is 1. The first-order valence-corrected chi connectivity index (χ1v) is 15.6. The van der Waals surface area contributed by atoms with Gasteiger partial charge in [-0.2, -0.15) is 0 Å². The smallest absolute Gasteiger partial charge is 0.255 e. The van der Waals surface area contributed by atoms with Crippen molar-refractivity contribution in [2.24, 2.45) is 11.8 Å². The van der Waals surface area contributed by atoms with Crippen molar-refractivity contribution < 1.29 is 9.53 Å². The number of rotatable bonds is 8.